The number of hydrogen-bond donors (Lipinski definition) is 1. The van der Waals surface area contributed by atoms with E-state index in [4.69, 9.17) is 0 Å². The van der Waals surface area contributed by atoms with Crippen molar-refractivity contribution in [2.75, 3.05) is 28.4 Å². The number of nitrogens with one attached hydrogen (secondary N) is 1. The van der Waals surface area contributed by atoms with Gasteiger partial charge in [0, 0.05) is 23.8 Å². The van der Waals surface area contributed by atoms with E-state index in [0.717, 1.165) is 22.6 Å². The first kappa shape index (κ1) is 21.9. The molecule has 170 valence electrons. The maximum Gasteiger partial charge on any atom is 0.253 e. The van der Waals surface area contributed by atoms with E-state index >= 15 is 0 Å². The van der Waals surface area contributed by atoms with E-state index in [0.29, 0.717) is 18.7 Å². The fourth-order valence-corrected chi connectivity index (χ4v) is 6.19. The number of carbonyl (C=O) groups is 3. The van der Waals surface area contributed by atoms with Gasteiger partial charge in [0.1, 0.15) is 5.54 Å². The van der Waals surface area contributed by atoms with Gasteiger partial charge in [-0.3, -0.25) is 19.7 Å². The van der Waals surface area contributed by atoms with Gasteiger partial charge >= 0.3 is 0 Å². The van der Waals surface area contributed by atoms with Gasteiger partial charge in [0.25, 0.3) is 5.91 Å². The molecule has 0 aromatic heterocycles. The summed E-state index contributed by atoms with van der Waals surface area (Å²) in [5, 5.41) is 3.54. The summed E-state index contributed by atoms with van der Waals surface area (Å²) in [4.78, 5) is 44.8. The molecule has 33 heavy (non-hydrogen) atoms. The number of para-hydroxylation sites is 2. The molecule has 7 heteroatoms. The normalized spacial score (nSPS) is 28.1. The molecule has 1 N–H and O–H groups in total. The van der Waals surface area contributed by atoms with Crippen LogP contribution >= 0.6 is 11.8 Å². The average Bonchev–Trinajstić information content (AvgIpc) is 3.37. The lowest BCUT2D eigenvalue weighted by Crippen LogP contribution is -2.55. The molecule has 3 heterocycles. The SMILES string of the molecule is C=C(C)CN1C(=O)[C@@]2(N[C@@H](CCSC)[C@H]3C(=O)N(c4ccccc4)C(=O)[C@H]32)c2ccccc21. The van der Waals surface area contributed by atoms with Gasteiger partial charge in [-0.05, 0) is 43.6 Å². The fraction of sp³-hybridized carbons (Fsp3) is 0.346. The third-order valence-electron chi connectivity index (χ3n) is 6.94. The van der Waals surface area contributed by atoms with Crippen LogP contribution in [0.4, 0.5) is 11.4 Å². The van der Waals surface area contributed by atoms with E-state index < -0.39 is 17.4 Å². The number of benzene rings is 2. The second-order valence-electron chi connectivity index (χ2n) is 9.06. The highest BCUT2D eigenvalue weighted by Crippen LogP contribution is 2.55. The van der Waals surface area contributed by atoms with Crippen molar-refractivity contribution >= 4 is 40.9 Å². The molecule has 3 aliphatic rings. The summed E-state index contributed by atoms with van der Waals surface area (Å²) in [6.45, 7) is 6.25. The highest BCUT2D eigenvalue weighted by atomic mass is 32.2. The Bertz CT molecular complexity index is 1150. The molecule has 6 nitrogen and oxygen atoms in total. The number of amides is 3. The molecule has 0 bridgehead atoms. The number of carbonyl (C=O) groups excluding carboxylic acids is 3. The summed E-state index contributed by atoms with van der Waals surface area (Å²) in [6.07, 6.45) is 2.71. The quantitative estimate of drug-likeness (QED) is 0.528. The van der Waals surface area contributed by atoms with Crippen LogP contribution < -0.4 is 15.1 Å². The molecule has 0 aliphatic carbocycles. The molecule has 0 radical (unpaired) electrons. The lowest BCUT2D eigenvalue weighted by atomic mass is 9.76. The molecule has 0 unspecified atom stereocenters. The number of anilines is 2. The standard InChI is InChI=1S/C26H27N3O3S/c1-16(2)15-28-20-12-8-7-11-18(20)26(25(28)32)22-21(19(27-26)13-14-33-3)23(30)29(24(22)31)17-9-5-4-6-10-17/h4-12,19,21-22,27H,1,13-15H2,2-3H3/t19-,21+,22-,26+/m0/s1. The maximum atomic E-state index is 14.1. The zero-order chi connectivity index (χ0) is 23.3. The molecule has 1 spiro atoms. The Morgan fingerprint density at radius 1 is 1.06 bits per heavy atom. The van der Waals surface area contributed by atoms with Crippen LogP contribution in [0.15, 0.2) is 66.7 Å². The Labute approximate surface area is 198 Å². The summed E-state index contributed by atoms with van der Waals surface area (Å²) in [5.41, 5.74) is 1.70. The Kier molecular flexibility index (Phi) is 5.41. The zero-order valence-corrected chi connectivity index (χ0v) is 19.6. The Morgan fingerprint density at radius 2 is 1.76 bits per heavy atom. The number of rotatable bonds is 6. The zero-order valence-electron chi connectivity index (χ0n) is 18.8. The number of hydrogen-bond acceptors (Lipinski definition) is 5. The number of fused-ring (bicyclic) bond motifs is 4. The molecule has 2 saturated heterocycles. The van der Waals surface area contributed by atoms with Gasteiger partial charge < -0.3 is 4.90 Å². The monoisotopic (exact) mass is 461 g/mol. The molecular formula is C26H27N3O3S. The van der Waals surface area contributed by atoms with Gasteiger partial charge in [0.15, 0.2) is 0 Å². The molecule has 3 amide bonds. The number of imide groups is 1. The third kappa shape index (κ3) is 3.09. The van der Waals surface area contributed by atoms with Crippen molar-refractivity contribution in [2.45, 2.75) is 24.9 Å². The summed E-state index contributed by atoms with van der Waals surface area (Å²) >= 11 is 1.69. The maximum absolute atomic E-state index is 14.1. The van der Waals surface area contributed by atoms with Crippen molar-refractivity contribution in [2.24, 2.45) is 11.8 Å². The summed E-state index contributed by atoms with van der Waals surface area (Å²) < 4.78 is 0. The minimum absolute atomic E-state index is 0.176. The third-order valence-corrected chi connectivity index (χ3v) is 7.59. The second kappa shape index (κ2) is 8.15. The van der Waals surface area contributed by atoms with E-state index in [1.54, 1.807) is 28.8 Å². The number of thioether (sulfide) groups is 1. The van der Waals surface area contributed by atoms with Crippen molar-refractivity contribution < 1.29 is 14.4 Å². The first-order valence-corrected chi connectivity index (χ1v) is 12.6. The Balaban J connectivity index is 1.67. The first-order chi connectivity index (χ1) is 15.9. The van der Waals surface area contributed by atoms with Crippen LogP contribution in [0.5, 0.6) is 0 Å². The number of nitrogens with zero attached hydrogens (tertiary/aromatic N) is 2. The first-order valence-electron chi connectivity index (χ1n) is 11.2. The molecule has 2 aromatic rings. The lowest BCUT2D eigenvalue weighted by Gasteiger charge is -2.30. The highest BCUT2D eigenvalue weighted by Gasteiger charge is 2.71. The van der Waals surface area contributed by atoms with Gasteiger partial charge in [-0.1, -0.05) is 48.6 Å². The Hall–Kier alpha value is -2.90. The Morgan fingerprint density at radius 3 is 2.45 bits per heavy atom. The van der Waals surface area contributed by atoms with Crippen LogP contribution in [0.1, 0.15) is 18.9 Å². The molecule has 5 rings (SSSR count). The van der Waals surface area contributed by atoms with Gasteiger partial charge in [-0.15, -0.1) is 0 Å². The average molecular weight is 462 g/mol. The largest absolute Gasteiger partial charge is 0.306 e. The predicted octanol–water partition coefficient (Wildman–Crippen LogP) is 3.34. The van der Waals surface area contributed by atoms with Crippen LogP contribution in [0.2, 0.25) is 0 Å². The van der Waals surface area contributed by atoms with Crippen LogP contribution in [0.3, 0.4) is 0 Å². The fourth-order valence-electron chi connectivity index (χ4n) is 5.70. The van der Waals surface area contributed by atoms with Crippen LogP contribution in [-0.4, -0.2) is 42.3 Å². The molecule has 2 fully saturated rings. The molecule has 3 aliphatic heterocycles. The van der Waals surface area contributed by atoms with Gasteiger partial charge in [-0.25, -0.2) is 4.90 Å². The van der Waals surface area contributed by atoms with Crippen molar-refractivity contribution in [3.8, 4) is 0 Å². The van der Waals surface area contributed by atoms with Crippen molar-refractivity contribution in [1.29, 1.82) is 0 Å². The van der Waals surface area contributed by atoms with E-state index in [1.165, 1.54) is 4.90 Å². The van der Waals surface area contributed by atoms with Crippen LogP contribution in [0.25, 0.3) is 0 Å². The smallest absolute Gasteiger partial charge is 0.253 e. The van der Waals surface area contributed by atoms with E-state index in [-0.39, 0.29) is 23.8 Å². The predicted molar refractivity (Wildman–Crippen MR) is 131 cm³/mol. The van der Waals surface area contributed by atoms with Crippen molar-refractivity contribution in [3.05, 3.63) is 72.3 Å². The summed E-state index contributed by atoms with van der Waals surface area (Å²) in [5.74, 6) is -1.27. The highest BCUT2D eigenvalue weighted by molar-refractivity contribution is 7.98. The molecular weight excluding hydrogens is 434 g/mol. The van der Waals surface area contributed by atoms with E-state index in [9.17, 15) is 14.4 Å². The second-order valence-corrected chi connectivity index (χ2v) is 10.0. The van der Waals surface area contributed by atoms with E-state index in [1.807, 2.05) is 55.6 Å². The van der Waals surface area contributed by atoms with E-state index in [2.05, 4.69) is 11.9 Å². The summed E-state index contributed by atoms with van der Waals surface area (Å²) in [6, 6.07) is 16.4. The summed E-state index contributed by atoms with van der Waals surface area (Å²) in [7, 11) is 0. The van der Waals surface area contributed by atoms with Crippen molar-refractivity contribution in [1.82, 2.24) is 5.32 Å². The van der Waals surface area contributed by atoms with Crippen LogP contribution in [0, 0.1) is 11.8 Å². The molecule has 0 saturated carbocycles. The minimum atomic E-state index is -1.25. The topological polar surface area (TPSA) is 69.7 Å². The van der Waals surface area contributed by atoms with Gasteiger partial charge in [-0.2, -0.15) is 11.8 Å². The van der Waals surface area contributed by atoms with Gasteiger partial charge in [0.05, 0.1) is 17.5 Å². The molecule has 2 aromatic carbocycles. The lowest BCUT2D eigenvalue weighted by molar-refractivity contribution is -0.132. The van der Waals surface area contributed by atoms with Crippen LogP contribution in [-0.2, 0) is 19.9 Å². The molecule has 4 atom stereocenters. The van der Waals surface area contributed by atoms with Gasteiger partial charge in [0.2, 0.25) is 11.8 Å². The van der Waals surface area contributed by atoms with Crippen molar-refractivity contribution in [3.63, 3.8) is 0 Å². The minimum Gasteiger partial charge on any atom is -0.306 e.